The predicted octanol–water partition coefficient (Wildman–Crippen LogP) is 4.29. The van der Waals surface area contributed by atoms with Gasteiger partial charge in [-0.2, -0.15) is 0 Å². The maximum Gasteiger partial charge on any atom is 0.0459 e. The minimum absolute atomic E-state index is 0.242. The monoisotopic (exact) mass is 235 g/mol. The van der Waals surface area contributed by atoms with E-state index in [2.05, 4.69) is 57.5 Å². The van der Waals surface area contributed by atoms with Gasteiger partial charge in [-0.05, 0) is 40.5 Å². The highest BCUT2D eigenvalue weighted by molar-refractivity contribution is 7.97. The van der Waals surface area contributed by atoms with Crippen molar-refractivity contribution >= 4 is 11.9 Å². The minimum atomic E-state index is 0.242. The quantitative estimate of drug-likeness (QED) is 0.729. The van der Waals surface area contributed by atoms with Gasteiger partial charge in [0.1, 0.15) is 0 Å². The lowest BCUT2D eigenvalue weighted by atomic mass is 9.85. The molecule has 1 unspecified atom stereocenters. The molecule has 1 N–H and O–H groups in total. The van der Waals surface area contributed by atoms with Crippen LogP contribution in [0.3, 0.4) is 0 Å². The van der Waals surface area contributed by atoms with Gasteiger partial charge in [-0.25, -0.2) is 0 Å². The third-order valence-corrected chi connectivity index (χ3v) is 4.12. The molecule has 0 saturated carbocycles. The fourth-order valence-electron chi connectivity index (χ4n) is 2.03. The van der Waals surface area contributed by atoms with Crippen LogP contribution in [0.4, 0.5) is 0 Å². The fraction of sp³-hybridized carbons (Fsp3) is 0.571. The van der Waals surface area contributed by atoms with E-state index in [9.17, 15) is 0 Å². The van der Waals surface area contributed by atoms with E-state index in [4.69, 9.17) is 0 Å². The Labute approximate surface area is 103 Å². The Kier molecular flexibility index (Phi) is 3.06. The van der Waals surface area contributed by atoms with Crippen LogP contribution in [0.25, 0.3) is 0 Å². The smallest absolute Gasteiger partial charge is 0.0459 e. The second-order valence-corrected chi connectivity index (χ2v) is 6.82. The average molecular weight is 235 g/mol. The first-order valence-electron chi connectivity index (χ1n) is 5.96. The van der Waals surface area contributed by atoms with Gasteiger partial charge in [0.2, 0.25) is 0 Å². The largest absolute Gasteiger partial charge is 0.252 e. The summed E-state index contributed by atoms with van der Waals surface area (Å²) >= 11 is 1.78. The van der Waals surface area contributed by atoms with Gasteiger partial charge < -0.3 is 0 Å². The second-order valence-electron chi connectivity index (χ2n) is 5.94. The van der Waals surface area contributed by atoms with Crippen LogP contribution in [-0.4, -0.2) is 0 Å². The summed E-state index contributed by atoms with van der Waals surface area (Å²) in [6.07, 6.45) is 0. The van der Waals surface area contributed by atoms with Gasteiger partial charge in [0.05, 0.1) is 0 Å². The minimum Gasteiger partial charge on any atom is -0.252 e. The molecule has 1 aliphatic heterocycles. The topological polar surface area (TPSA) is 12.0 Å². The van der Waals surface area contributed by atoms with Crippen molar-refractivity contribution in [1.29, 1.82) is 0 Å². The molecule has 0 fully saturated rings. The molecular weight excluding hydrogens is 214 g/mol. The highest BCUT2D eigenvalue weighted by atomic mass is 32.2. The van der Waals surface area contributed by atoms with Crippen molar-refractivity contribution in [3.05, 3.63) is 29.3 Å². The molecule has 1 atom stereocenters. The van der Waals surface area contributed by atoms with Crippen molar-refractivity contribution in [2.75, 3.05) is 0 Å². The maximum absolute atomic E-state index is 3.52. The standard InChI is InChI=1S/C14H21NS/c1-9(2)13-11-7-6-10(14(3,4)5)8-12(11)16-15-13/h6-9,13,15H,1-5H3. The molecule has 2 rings (SSSR count). The third-order valence-electron chi connectivity index (χ3n) is 3.18. The SMILES string of the molecule is CC(C)C1NSc2cc(C(C)(C)C)ccc21. The molecule has 0 amide bonds. The molecule has 0 bridgehead atoms. The molecule has 1 aromatic carbocycles. The third kappa shape index (κ3) is 2.14. The summed E-state index contributed by atoms with van der Waals surface area (Å²) in [5, 5.41) is 0. The van der Waals surface area contributed by atoms with Gasteiger partial charge in [-0.15, -0.1) is 0 Å². The summed E-state index contributed by atoms with van der Waals surface area (Å²) in [6, 6.07) is 7.43. The molecule has 1 heterocycles. The maximum atomic E-state index is 3.52. The summed E-state index contributed by atoms with van der Waals surface area (Å²) in [7, 11) is 0. The molecule has 0 spiro atoms. The highest BCUT2D eigenvalue weighted by Crippen LogP contribution is 2.40. The zero-order chi connectivity index (χ0) is 11.9. The molecule has 16 heavy (non-hydrogen) atoms. The number of hydrogen-bond donors (Lipinski definition) is 1. The van der Waals surface area contributed by atoms with Crippen LogP contribution < -0.4 is 4.72 Å². The molecule has 2 heteroatoms. The molecule has 1 aromatic rings. The highest BCUT2D eigenvalue weighted by Gasteiger charge is 2.26. The first kappa shape index (κ1) is 12.0. The Bertz CT molecular complexity index is 390. The van der Waals surface area contributed by atoms with E-state index >= 15 is 0 Å². The molecule has 0 aromatic heterocycles. The summed E-state index contributed by atoms with van der Waals surface area (Å²) in [5.74, 6) is 0.647. The van der Waals surface area contributed by atoms with E-state index in [1.54, 1.807) is 11.9 Å². The van der Waals surface area contributed by atoms with Crippen molar-refractivity contribution < 1.29 is 0 Å². The van der Waals surface area contributed by atoms with E-state index in [1.165, 1.54) is 16.0 Å². The van der Waals surface area contributed by atoms with Crippen molar-refractivity contribution in [2.24, 2.45) is 5.92 Å². The molecule has 1 nitrogen and oxygen atoms in total. The number of nitrogens with one attached hydrogen (secondary N) is 1. The van der Waals surface area contributed by atoms with E-state index in [0.29, 0.717) is 12.0 Å². The Morgan fingerprint density at radius 1 is 1.25 bits per heavy atom. The zero-order valence-corrected chi connectivity index (χ0v) is 11.6. The van der Waals surface area contributed by atoms with Crippen LogP contribution in [0.15, 0.2) is 23.1 Å². The Hall–Kier alpha value is -0.470. The second kappa shape index (κ2) is 4.08. The Balaban J connectivity index is 2.37. The van der Waals surface area contributed by atoms with Gasteiger partial charge in [0.15, 0.2) is 0 Å². The summed E-state index contributed by atoms with van der Waals surface area (Å²) in [5.41, 5.74) is 3.13. The molecule has 0 saturated heterocycles. The normalized spacial score (nSPS) is 20.2. The average Bonchev–Trinajstić information content (AvgIpc) is 2.58. The number of hydrogen-bond acceptors (Lipinski definition) is 2. The fourth-order valence-corrected chi connectivity index (χ4v) is 3.18. The lowest BCUT2D eigenvalue weighted by molar-refractivity contribution is 0.490. The number of benzene rings is 1. The van der Waals surface area contributed by atoms with Crippen molar-refractivity contribution in [3.8, 4) is 0 Å². The van der Waals surface area contributed by atoms with Gasteiger partial charge >= 0.3 is 0 Å². The zero-order valence-electron chi connectivity index (χ0n) is 10.8. The van der Waals surface area contributed by atoms with Crippen LogP contribution in [0, 0.1) is 5.92 Å². The van der Waals surface area contributed by atoms with Crippen molar-refractivity contribution in [2.45, 2.75) is 51.0 Å². The van der Waals surface area contributed by atoms with E-state index in [1.807, 2.05) is 0 Å². The molecular formula is C14H21NS. The molecule has 0 radical (unpaired) electrons. The van der Waals surface area contributed by atoms with Gasteiger partial charge in [-0.3, -0.25) is 4.72 Å². The Morgan fingerprint density at radius 3 is 2.50 bits per heavy atom. The van der Waals surface area contributed by atoms with Crippen LogP contribution in [0.1, 0.15) is 51.8 Å². The van der Waals surface area contributed by atoms with Crippen molar-refractivity contribution in [1.82, 2.24) is 4.72 Å². The number of fused-ring (bicyclic) bond motifs is 1. The van der Waals surface area contributed by atoms with E-state index < -0.39 is 0 Å². The predicted molar refractivity (Wildman–Crippen MR) is 71.7 cm³/mol. The Morgan fingerprint density at radius 2 is 1.94 bits per heavy atom. The summed E-state index contributed by atoms with van der Waals surface area (Å²) in [6.45, 7) is 11.3. The molecule has 1 aliphatic rings. The number of rotatable bonds is 1. The van der Waals surface area contributed by atoms with Gasteiger partial charge in [-0.1, -0.05) is 46.8 Å². The van der Waals surface area contributed by atoms with Gasteiger partial charge in [0.25, 0.3) is 0 Å². The van der Waals surface area contributed by atoms with Crippen LogP contribution in [0.2, 0.25) is 0 Å². The van der Waals surface area contributed by atoms with Gasteiger partial charge in [0, 0.05) is 10.9 Å². The van der Waals surface area contributed by atoms with E-state index in [-0.39, 0.29) is 5.41 Å². The molecule has 0 aliphatic carbocycles. The van der Waals surface area contributed by atoms with E-state index in [0.717, 1.165) is 0 Å². The lowest BCUT2D eigenvalue weighted by Crippen LogP contribution is -2.14. The molecule has 88 valence electrons. The van der Waals surface area contributed by atoms with Crippen LogP contribution in [0.5, 0.6) is 0 Å². The summed E-state index contributed by atoms with van der Waals surface area (Å²) < 4.78 is 3.52. The van der Waals surface area contributed by atoms with Crippen LogP contribution in [-0.2, 0) is 5.41 Å². The summed E-state index contributed by atoms with van der Waals surface area (Å²) in [4.78, 5) is 1.41. The van der Waals surface area contributed by atoms with Crippen LogP contribution >= 0.6 is 11.9 Å². The van der Waals surface area contributed by atoms with Crippen molar-refractivity contribution in [3.63, 3.8) is 0 Å². The lowest BCUT2D eigenvalue weighted by Gasteiger charge is -2.20. The first-order chi connectivity index (χ1) is 7.39. The first-order valence-corrected chi connectivity index (χ1v) is 6.78.